The second-order valence-electron chi connectivity index (χ2n) is 4.69. The molecule has 2 aromatic carbocycles. The lowest BCUT2D eigenvalue weighted by Crippen LogP contribution is -2.03. The molecule has 0 aliphatic carbocycles. The number of nitrogens with one attached hydrogen (secondary N) is 1. The normalized spacial score (nSPS) is 12.0. The fraction of sp³-hybridized carbons (Fsp3) is 0.200. The molecule has 0 aromatic heterocycles. The van der Waals surface area contributed by atoms with Crippen LogP contribution in [0, 0.1) is 15.9 Å². The maximum atomic E-state index is 13.2. The van der Waals surface area contributed by atoms with Gasteiger partial charge >= 0.3 is 0 Å². The highest BCUT2D eigenvalue weighted by atomic mass is 19.1. The number of nitro benzene ring substituents is 1. The molecule has 0 saturated carbocycles. The molecule has 0 aliphatic heterocycles. The van der Waals surface area contributed by atoms with Crippen LogP contribution in [-0.2, 0) is 6.54 Å². The molecular weight excluding hydrogens is 275 g/mol. The van der Waals surface area contributed by atoms with Crippen molar-refractivity contribution in [2.24, 2.45) is 0 Å². The Balaban J connectivity index is 2.12. The van der Waals surface area contributed by atoms with Gasteiger partial charge in [0, 0.05) is 18.7 Å². The summed E-state index contributed by atoms with van der Waals surface area (Å²) < 4.78 is 13.2. The maximum absolute atomic E-state index is 13.2. The van der Waals surface area contributed by atoms with Gasteiger partial charge in [-0.25, -0.2) is 4.39 Å². The zero-order valence-electron chi connectivity index (χ0n) is 11.4. The molecule has 6 heteroatoms. The Morgan fingerprint density at radius 1 is 1.29 bits per heavy atom. The van der Waals surface area contributed by atoms with Crippen molar-refractivity contribution in [3.05, 3.63) is 69.5 Å². The molecule has 1 unspecified atom stereocenters. The minimum absolute atomic E-state index is 0.139. The number of aliphatic hydroxyl groups is 1. The Morgan fingerprint density at radius 2 is 1.95 bits per heavy atom. The summed E-state index contributed by atoms with van der Waals surface area (Å²) in [5.41, 5.74) is 1.63. The van der Waals surface area contributed by atoms with E-state index in [9.17, 15) is 19.6 Å². The van der Waals surface area contributed by atoms with Gasteiger partial charge in [-0.1, -0.05) is 24.3 Å². The van der Waals surface area contributed by atoms with Crippen LogP contribution < -0.4 is 5.32 Å². The van der Waals surface area contributed by atoms with Crippen LogP contribution in [0.5, 0.6) is 0 Å². The van der Waals surface area contributed by atoms with Crippen molar-refractivity contribution < 1.29 is 14.4 Å². The van der Waals surface area contributed by atoms with Gasteiger partial charge in [0.25, 0.3) is 5.69 Å². The lowest BCUT2D eigenvalue weighted by Gasteiger charge is -2.09. The molecule has 0 bridgehead atoms. The van der Waals surface area contributed by atoms with Gasteiger partial charge in [0.05, 0.1) is 11.0 Å². The third-order valence-corrected chi connectivity index (χ3v) is 3.10. The summed E-state index contributed by atoms with van der Waals surface area (Å²) in [5, 5.41) is 23.2. The van der Waals surface area contributed by atoms with Crippen LogP contribution in [0.4, 0.5) is 15.8 Å². The van der Waals surface area contributed by atoms with Gasteiger partial charge in [0.1, 0.15) is 11.5 Å². The van der Waals surface area contributed by atoms with Crippen LogP contribution in [0.15, 0.2) is 42.5 Å². The van der Waals surface area contributed by atoms with Gasteiger partial charge in [-0.3, -0.25) is 10.1 Å². The van der Waals surface area contributed by atoms with E-state index in [4.69, 9.17) is 0 Å². The minimum Gasteiger partial charge on any atom is -0.389 e. The van der Waals surface area contributed by atoms with Crippen molar-refractivity contribution >= 4 is 11.4 Å². The molecule has 0 fully saturated rings. The Hall–Kier alpha value is -2.47. The summed E-state index contributed by atoms with van der Waals surface area (Å²) in [6, 6.07) is 10.5. The van der Waals surface area contributed by atoms with Crippen LogP contribution in [0.2, 0.25) is 0 Å². The van der Waals surface area contributed by atoms with Crippen molar-refractivity contribution in [2.75, 3.05) is 5.32 Å². The Morgan fingerprint density at radius 3 is 2.52 bits per heavy atom. The zero-order valence-corrected chi connectivity index (χ0v) is 11.4. The molecule has 1 atom stereocenters. The topological polar surface area (TPSA) is 75.4 Å². The van der Waals surface area contributed by atoms with Crippen molar-refractivity contribution in [1.82, 2.24) is 0 Å². The molecule has 0 radical (unpaired) electrons. The molecule has 0 amide bonds. The smallest absolute Gasteiger partial charge is 0.292 e. The van der Waals surface area contributed by atoms with Crippen LogP contribution in [0.1, 0.15) is 24.2 Å². The number of aliphatic hydroxyl groups excluding tert-OH is 1. The predicted molar refractivity (Wildman–Crippen MR) is 77.5 cm³/mol. The third-order valence-electron chi connectivity index (χ3n) is 3.10. The second-order valence-corrected chi connectivity index (χ2v) is 4.69. The number of hydrogen-bond donors (Lipinski definition) is 2. The highest BCUT2D eigenvalue weighted by Crippen LogP contribution is 2.25. The van der Waals surface area contributed by atoms with Crippen LogP contribution >= 0.6 is 0 Å². The van der Waals surface area contributed by atoms with E-state index in [1.807, 2.05) is 0 Å². The zero-order chi connectivity index (χ0) is 15.4. The molecule has 2 rings (SSSR count). The number of benzene rings is 2. The van der Waals surface area contributed by atoms with Crippen LogP contribution in [0.25, 0.3) is 0 Å². The Bertz CT molecular complexity index is 642. The summed E-state index contributed by atoms with van der Waals surface area (Å²) in [6.07, 6.45) is -0.545. The van der Waals surface area contributed by atoms with Gasteiger partial charge < -0.3 is 10.4 Å². The molecular formula is C15H15FN2O3. The van der Waals surface area contributed by atoms with Gasteiger partial charge in [0.15, 0.2) is 0 Å². The number of nitrogens with zero attached hydrogens (tertiary/aromatic N) is 1. The van der Waals surface area contributed by atoms with Gasteiger partial charge in [-0.2, -0.15) is 0 Å². The third kappa shape index (κ3) is 3.76. The van der Waals surface area contributed by atoms with Crippen LogP contribution in [0.3, 0.4) is 0 Å². The summed E-state index contributed by atoms with van der Waals surface area (Å²) in [7, 11) is 0. The number of hydrogen-bond acceptors (Lipinski definition) is 4. The van der Waals surface area contributed by atoms with Crippen LogP contribution in [-0.4, -0.2) is 10.0 Å². The van der Waals surface area contributed by atoms with E-state index in [0.29, 0.717) is 6.54 Å². The first-order valence-electron chi connectivity index (χ1n) is 6.42. The summed E-state index contributed by atoms with van der Waals surface area (Å²) in [5.74, 6) is -0.535. The standard InChI is InChI=1S/C15H15FN2O3/c1-10(19)12-4-2-11(3-5-12)9-17-14-8-13(16)6-7-15(14)18(20)21/h2-8,10,17,19H,9H2,1H3. The quantitative estimate of drug-likeness (QED) is 0.653. The average molecular weight is 290 g/mol. The largest absolute Gasteiger partial charge is 0.389 e. The highest BCUT2D eigenvalue weighted by Gasteiger charge is 2.14. The minimum atomic E-state index is -0.557. The first-order valence-corrected chi connectivity index (χ1v) is 6.42. The average Bonchev–Trinajstić information content (AvgIpc) is 2.45. The molecule has 0 heterocycles. The Labute approximate surface area is 121 Å². The van der Waals surface area contributed by atoms with Gasteiger partial charge in [-0.05, 0) is 24.1 Å². The molecule has 5 nitrogen and oxygen atoms in total. The lowest BCUT2D eigenvalue weighted by atomic mass is 10.1. The van der Waals surface area contributed by atoms with E-state index < -0.39 is 16.8 Å². The first-order chi connectivity index (χ1) is 9.97. The molecule has 0 saturated heterocycles. The molecule has 2 N–H and O–H groups in total. The van der Waals surface area contributed by atoms with Crippen molar-refractivity contribution in [3.8, 4) is 0 Å². The van der Waals surface area contributed by atoms with E-state index in [0.717, 1.165) is 29.3 Å². The SMILES string of the molecule is CC(O)c1ccc(CNc2cc(F)ccc2[N+](=O)[O-])cc1. The lowest BCUT2D eigenvalue weighted by molar-refractivity contribution is -0.384. The van der Waals surface area contributed by atoms with Crippen molar-refractivity contribution in [1.29, 1.82) is 0 Å². The maximum Gasteiger partial charge on any atom is 0.292 e. The molecule has 2 aromatic rings. The number of rotatable bonds is 5. The van der Waals surface area contributed by atoms with E-state index in [2.05, 4.69) is 5.32 Å². The van der Waals surface area contributed by atoms with E-state index in [1.165, 1.54) is 0 Å². The van der Waals surface area contributed by atoms with E-state index >= 15 is 0 Å². The summed E-state index contributed by atoms with van der Waals surface area (Å²) in [4.78, 5) is 10.3. The fourth-order valence-corrected chi connectivity index (χ4v) is 1.92. The number of nitro groups is 1. The predicted octanol–water partition coefficient (Wildman–Crippen LogP) is 3.40. The van der Waals surface area contributed by atoms with E-state index in [-0.39, 0.29) is 11.4 Å². The summed E-state index contributed by atoms with van der Waals surface area (Å²) in [6.45, 7) is 1.99. The number of anilines is 1. The van der Waals surface area contributed by atoms with Crippen molar-refractivity contribution in [3.63, 3.8) is 0 Å². The second kappa shape index (κ2) is 6.32. The molecule has 21 heavy (non-hydrogen) atoms. The molecule has 0 aliphatic rings. The molecule has 0 spiro atoms. The van der Waals surface area contributed by atoms with E-state index in [1.54, 1.807) is 31.2 Å². The highest BCUT2D eigenvalue weighted by molar-refractivity contribution is 5.61. The Kier molecular flexibility index (Phi) is 4.49. The van der Waals surface area contributed by atoms with Crippen molar-refractivity contribution in [2.45, 2.75) is 19.6 Å². The molecule has 110 valence electrons. The monoisotopic (exact) mass is 290 g/mol. The van der Waals surface area contributed by atoms with Gasteiger partial charge in [-0.15, -0.1) is 0 Å². The fourth-order valence-electron chi connectivity index (χ4n) is 1.92. The summed E-state index contributed by atoms with van der Waals surface area (Å²) >= 11 is 0. The number of halogens is 1. The first kappa shape index (κ1) is 14.9. The van der Waals surface area contributed by atoms with Gasteiger partial charge in [0.2, 0.25) is 0 Å².